The normalized spacial score (nSPS) is 19.3. The van der Waals surface area contributed by atoms with Crippen molar-refractivity contribution in [2.24, 2.45) is 11.1 Å². The third-order valence-electron chi connectivity index (χ3n) is 4.77. The quantitative estimate of drug-likeness (QED) is 0.868. The second kappa shape index (κ2) is 7.57. The third-order valence-corrected chi connectivity index (χ3v) is 5.27. The van der Waals surface area contributed by atoms with Crippen molar-refractivity contribution in [1.82, 2.24) is 4.90 Å². The van der Waals surface area contributed by atoms with Gasteiger partial charge in [0, 0.05) is 17.6 Å². The smallest absolute Gasteiger partial charge is 0.230 e. The van der Waals surface area contributed by atoms with Crippen molar-refractivity contribution in [2.45, 2.75) is 32.8 Å². The van der Waals surface area contributed by atoms with E-state index in [1.54, 1.807) is 0 Å². The fourth-order valence-corrected chi connectivity index (χ4v) is 3.42. The van der Waals surface area contributed by atoms with Crippen molar-refractivity contribution >= 4 is 21.8 Å². The van der Waals surface area contributed by atoms with E-state index < -0.39 is 5.41 Å². The molecule has 1 atom stereocenters. The zero-order chi connectivity index (χ0) is 16.2. The number of amides is 1. The number of rotatable bonds is 5. The first-order valence-corrected chi connectivity index (χ1v) is 8.72. The van der Waals surface area contributed by atoms with Crippen LogP contribution in [0.1, 0.15) is 38.4 Å². The number of carbonyl (C=O) groups is 1. The molecular formula is C17H25BrN2O2. The molecule has 1 heterocycles. The van der Waals surface area contributed by atoms with E-state index in [1.807, 2.05) is 36.9 Å². The van der Waals surface area contributed by atoms with Crippen LogP contribution in [-0.2, 0) is 9.53 Å². The second-order valence-electron chi connectivity index (χ2n) is 5.86. The molecule has 1 saturated heterocycles. The van der Waals surface area contributed by atoms with Crippen LogP contribution in [0.2, 0.25) is 0 Å². The molecule has 4 nitrogen and oxygen atoms in total. The maximum absolute atomic E-state index is 12.9. The number of hydrogen-bond acceptors (Lipinski definition) is 3. The molecule has 1 unspecified atom stereocenters. The van der Waals surface area contributed by atoms with Gasteiger partial charge in [0.2, 0.25) is 5.91 Å². The highest BCUT2D eigenvalue weighted by Crippen LogP contribution is 2.31. The number of morpholine rings is 1. The molecule has 122 valence electrons. The zero-order valence-electron chi connectivity index (χ0n) is 13.3. The lowest BCUT2D eigenvalue weighted by atomic mass is 9.80. The molecule has 0 saturated carbocycles. The van der Waals surface area contributed by atoms with Crippen molar-refractivity contribution in [3.63, 3.8) is 0 Å². The summed E-state index contributed by atoms with van der Waals surface area (Å²) < 4.78 is 6.89. The van der Waals surface area contributed by atoms with Gasteiger partial charge in [-0.05, 0) is 30.5 Å². The summed E-state index contributed by atoms with van der Waals surface area (Å²) >= 11 is 3.49. The number of halogens is 1. The first-order chi connectivity index (χ1) is 10.6. The number of hydrogen-bond donors (Lipinski definition) is 1. The summed E-state index contributed by atoms with van der Waals surface area (Å²) in [5.41, 5.74) is 6.58. The van der Waals surface area contributed by atoms with Gasteiger partial charge in [-0.25, -0.2) is 0 Å². The van der Waals surface area contributed by atoms with Crippen LogP contribution in [0, 0.1) is 5.41 Å². The standard InChI is InChI=1S/C17H25BrN2O2/c1-3-17(4-2,12-19)16(21)20-8-9-22-15(11-20)13-6-5-7-14(18)10-13/h5-7,10,15H,3-4,8-9,11-12,19H2,1-2H3. The summed E-state index contributed by atoms with van der Waals surface area (Å²) in [5.74, 6) is 0.170. The molecule has 1 fully saturated rings. The van der Waals surface area contributed by atoms with Crippen LogP contribution in [0.3, 0.4) is 0 Å². The lowest BCUT2D eigenvalue weighted by Gasteiger charge is -2.39. The van der Waals surface area contributed by atoms with Gasteiger partial charge in [0.1, 0.15) is 6.10 Å². The molecule has 1 aliphatic heterocycles. The molecular weight excluding hydrogens is 344 g/mol. The molecule has 22 heavy (non-hydrogen) atoms. The number of carbonyl (C=O) groups excluding carboxylic acids is 1. The van der Waals surface area contributed by atoms with Gasteiger partial charge in [-0.15, -0.1) is 0 Å². The van der Waals surface area contributed by atoms with Gasteiger partial charge >= 0.3 is 0 Å². The molecule has 0 radical (unpaired) electrons. The lowest BCUT2D eigenvalue weighted by molar-refractivity contribution is -0.150. The van der Waals surface area contributed by atoms with Gasteiger partial charge in [-0.3, -0.25) is 4.79 Å². The van der Waals surface area contributed by atoms with Crippen molar-refractivity contribution in [2.75, 3.05) is 26.2 Å². The minimum absolute atomic E-state index is 0.0700. The van der Waals surface area contributed by atoms with Crippen LogP contribution in [0.25, 0.3) is 0 Å². The van der Waals surface area contributed by atoms with Gasteiger partial charge in [0.25, 0.3) is 0 Å². The van der Waals surface area contributed by atoms with Crippen LogP contribution in [0.15, 0.2) is 28.7 Å². The van der Waals surface area contributed by atoms with E-state index in [4.69, 9.17) is 10.5 Å². The molecule has 1 amide bonds. The fourth-order valence-electron chi connectivity index (χ4n) is 3.01. The van der Waals surface area contributed by atoms with E-state index in [-0.39, 0.29) is 12.0 Å². The van der Waals surface area contributed by atoms with Crippen molar-refractivity contribution in [3.8, 4) is 0 Å². The minimum Gasteiger partial charge on any atom is -0.370 e. The van der Waals surface area contributed by atoms with Gasteiger partial charge < -0.3 is 15.4 Å². The first-order valence-electron chi connectivity index (χ1n) is 7.92. The van der Waals surface area contributed by atoms with Crippen LogP contribution >= 0.6 is 15.9 Å². The van der Waals surface area contributed by atoms with Gasteiger partial charge in [-0.2, -0.15) is 0 Å². The second-order valence-corrected chi connectivity index (χ2v) is 6.77. The Balaban J connectivity index is 2.15. The summed E-state index contributed by atoms with van der Waals surface area (Å²) in [5, 5.41) is 0. The average Bonchev–Trinajstić information content (AvgIpc) is 2.57. The van der Waals surface area contributed by atoms with E-state index in [0.29, 0.717) is 26.2 Å². The minimum atomic E-state index is -0.431. The highest BCUT2D eigenvalue weighted by Gasteiger charge is 2.38. The zero-order valence-corrected chi connectivity index (χ0v) is 14.9. The van der Waals surface area contributed by atoms with E-state index in [2.05, 4.69) is 22.0 Å². The third kappa shape index (κ3) is 3.53. The fraction of sp³-hybridized carbons (Fsp3) is 0.588. The van der Waals surface area contributed by atoms with Crippen LogP contribution < -0.4 is 5.73 Å². The molecule has 0 aliphatic carbocycles. The molecule has 1 aromatic rings. The Morgan fingerprint density at radius 1 is 1.45 bits per heavy atom. The van der Waals surface area contributed by atoms with Crippen LogP contribution in [0.5, 0.6) is 0 Å². The number of nitrogens with two attached hydrogens (primary N) is 1. The van der Waals surface area contributed by atoms with Crippen LogP contribution in [0.4, 0.5) is 0 Å². The molecule has 1 aromatic carbocycles. The molecule has 5 heteroatoms. The summed E-state index contributed by atoms with van der Waals surface area (Å²) in [7, 11) is 0. The summed E-state index contributed by atoms with van der Waals surface area (Å²) in [6.07, 6.45) is 1.48. The average molecular weight is 369 g/mol. The number of benzene rings is 1. The Morgan fingerprint density at radius 3 is 2.77 bits per heavy atom. The monoisotopic (exact) mass is 368 g/mol. The van der Waals surface area contributed by atoms with Crippen molar-refractivity contribution in [1.29, 1.82) is 0 Å². The Labute approximate surface area is 141 Å². The van der Waals surface area contributed by atoms with E-state index in [1.165, 1.54) is 0 Å². The largest absolute Gasteiger partial charge is 0.370 e. The Hall–Kier alpha value is -0.910. The van der Waals surface area contributed by atoms with Gasteiger partial charge in [0.15, 0.2) is 0 Å². The number of ether oxygens (including phenoxy) is 1. The van der Waals surface area contributed by atoms with Crippen LogP contribution in [-0.4, -0.2) is 37.0 Å². The Bertz CT molecular complexity index is 509. The molecule has 0 aromatic heterocycles. The van der Waals surface area contributed by atoms with E-state index >= 15 is 0 Å². The van der Waals surface area contributed by atoms with Gasteiger partial charge in [-0.1, -0.05) is 41.9 Å². The topological polar surface area (TPSA) is 55.6 Å². The number of nitrogens with zero attached hydrogens (tertiary/aromatic N) is 1. The van der Waals surface area contributed by atoms with Crippen molar-refractivity contribution < 1.29 is 9.53 Å². The maximum atomic E-state index is 12.9. The van der Waals surface area contributed by atoms with E-state index in [0.717, 1.165) is 22.9 Å². The predicted molar refractivity (Wildman–Crippen MR) is 91.5 cm³/mol. The highest BCUT2D eigenvalue weighted by molar-refractivity contribution is 9.10. The van der Waals surface area contributed by atoms with Gasteiger partial charge in [0.05, 0.1) is 18.6 Å². The maximum Gasteiger partial charge on any atom is 0.230 e. The summed E-state index contributed by atoms with van der Waals surface area (Å²) in [4.78, 5) is 14.9. The summed E-state index contributed by atoms with van der Waals surface area (Å²) in [6, 6.07) is 8.07. The molecule has 0 spiro atoms. The molecule has 2 N–H and O–H groups in total. The Kier molecular flexibility index (Phi) is 6.01. The molecule has 0 bridgehead atoms. The highest BCUT2D eigenvalue weighted by atomic mass is 79.9. The predicted octanol–water partition coefficient (Wildman–Crippen LogP) is 3.11. The van der Waals surface area contributed by atoms with E-state index in [9.17, 15) is 4.79 Å². The molecule has 2 rings (SSSR count). The SMILES string of the molecule is CCC(CC)(CN)C(=O)N1CCOC(c2cccc(Br)c2)C1. The first kappa shape index (κ1) is 17.4. The van der Waals surface area contributed by atoms with Crippen molar-refractivity contribution in [3.05, 3.63) is 34.3 Å². The Morgan fingerprint density at radius 2 is 2.18 bits per heavy atom. The molecule has 1 aliphatic rings. The summed E-state index contributed by atoms with van der Waals surface area (Å²) in [6.45, 7) is 6.29. The lowest BCUT2D eigenvalue weighted by Crippen LogP contribution is -2.51.